The normalized spacial score (nSPS) is 15.1. The fourth-order valence-corrected chi connectivity index (χ4v) is 2.45. The Morgan fingerprint density at radius 3 is 2.88 bits per heavy atom. The van der Waals surface area contributed by atoms with Crippen LogP contribution >= 0.6 is 0 Å². The molecule has 11 heteroatoms. The van der Waals surface area contributed by atoms with Crippen LogP contribution in [0.2, 0.25) is 0 Å². The maximum atomic E-state index is 13.1. The number of halogens is 3. The van der Waals surface area contributed by atoms with Gasteiger partial charge in [-0.3, -0.25) is 14.5 Å². The molecule has 0 aliphatic carbocycles. The van der Waals surface area contributed by atoms with Crippen LogP contribution in [0, 0.1) is 0 Å². The molecule has 0 saturated heterocycles. The monoisotopic (exact) mass is 354 g/mol. The van der Waals surface area contributed by atoms with Crippen LogP contribution < -0.4 is 5.73 Å². The summed E-state index contributed by atoms with van der Waals surface area (Å²) in [5, 5.41) is 3.54. The number of carbonyl (C=O) groups is 1. The minimum atomic E-state index is -4.62. The lowest BCUT2D eigenvalue weighted by atomic mass is 10.1. The predicted molar refractivity (Wildman–Crippen MR) is 78.4 cm³/mol. The van der Waals surface area contributed by atoms with Gasteiger partial charge in [0.15, 0.2) is 11.5 Å². The van der Waals surface area contributed by atoms with Gasteiger partial charge in [-0.05, 0) is 0 Å². The van der Waals surface area contributed by atoms with Gasteiger partial charge in [-0.25, -0.2) is 4.98 Å². The summed E-state index contributed by atoms with van der Waals surface area (Å²) in [6, 6.07) is 0. The molecule has 3 rings (SSSR count). The van der Waals surface area contributed by atoms with Crippen molar-refractivity contribution in [2.75, 3.05) is 6.61 Å². The Balaban J connectivity index is 1.86. The van der Waals surface area contributed by atoms with E-state index in [1.54, 1.807) is 0 Å². The van der Waals surface area contributed by atoms with E-state index in [2.05, 4.69) is 20.1 Å². The molecule has 2 aromatic rings. The lowest BCUT2D eigenvalue weighted by Crippen LogP contribution is -2.21. The van der Waals surface area contributed by atoms with Crippen LogP contribution in [-0.4, -0.2) is 38.1 Å². The highest BCUT2D eigenvalue weighted by Gasteiger charge is 2.40. The highest BCUT2D eigenvalue weighted by atomic mass is 19.4. The van der Waals surface area contributed by atoms with Crippen molar-refractivity contribution in [3.63, 3.8) is 0 Å². The van der Waals surface area contributed by atoms with Crippen LogP contribution in [0.25, 0.3) is 0 Å². The molecule has 1 amide bonds. The summed E-state index contributed by atoms with van der Waals surface area (Å²) in [4.78, 5) is 23.4. The molecule has 2 N–H and O–H groups in total. The lowest BCUT2D eigenvalue weighted by Gasteiger charge is -2.15. The highest BCUT2D eigenvalue weighted by Crippen LogP contribution is 2.34. The van der Waals surface area contributed by atoms with Gasteiger partial charge in [0.2, 0.25) is 0 Å². The molecule has 25 heavy (non-hydrogen) atoms. The molecule has 2 aromatic heterocycles. The molecule has 3 heterocycles. The lowest BCUT2D eigenvalue weighted by molar-refractivity contribution is -0.143. The number of ether oxygens (including phenoxy) is 1. The standard InChI is InChI=1S/C14H13F3N6O2/c15-14(16,17)12-8-7-25-4-1-10(8)23(22-12)6-11(24)21-13(18)9-5-19-2-3-20-9/h2-3,5H,1,4,6-7H2,(H2,18,21,24). The number of amidine groups is 1. The summed E-state index contributed by atoms with van der Waals surface area (Å²) in [7, 11) is 0. The van der Waals surface area contributed by atoms with Gasteiger partial charge in [-0.2, -0.15) is 23.3 Å². The number of aliphatic imine (C=N–C) groups is 1. The molecule has 0 saturated carbocycles. The van der Waals surface area contributed by atoms with Gasteiger partial charge in [0, 0.05) is 30.1 Å². The maximum Gasteiger partial charge on any atom is 0.435 e. The summed E-state index contributed by atoms with van der Waals surface area (Å²) in [6.45, 7) is -0.391. The van der Waals surface area contributed by atoms with Gasteiger partial charge < -0.3 is 10.5 Å². The Hall–Kier alpha value is -2.82. The molecule has 132 valence electrons. The van der Waals surface area contributed by atoms with Gasteiger partial charge in [-0.1, -0.05) is 0 Å². The molecule has 0 fully saturated rings. The minimum Gasteiger partial charge on any atom is -0.382 e. The topological polar surface area (TPSA) is 108 Å². The molecule has 8 nitrogen and oxygen atoms in total. The van der Waals surface area contributed by atoms with E-state index in [0.717, 1.165) is 4.68 Å². The van der Waals surface area contributed by atoms with Crippen LogP contribution in [0.5, 0.6) is 0 Å². The van der Waals surface area contributed by atoms with Crippen molar-refractivity contribution in [1.82, 2.24) is 19.7 Å². The molecule has 0 bridgehead atoms. The summed E-state index contributed by atoms with van der Waals surface area (Å²) >= 11 is 0. The van der Waals surface area contributed by atoms with E-state index in [-0.39, 0.29) is 36.7 Å². The first-order valence-electron chi connectivity index (χ1n) is 7.23. The first kappa shape index (κ1) is 17.0. The largest absolute Gasteiger partial charge is 0.435 e. The number of aromatic nitrogens is 4. The number of hydrogen-bond acceptors (Lipinski definition) is 5. The molecule has 0 aromatic carbocycles. The van der Waals surface area contributed by atoms with E-state index in [9.17, 15) is 18.0 Å². The molecule has 0 atom stereocenters. The van der Waals surface area contributed by atoms with Gasteiger partial charge in [0.25, 0.3) is 5.91 Å². The van der Waals surface area contributed by atoms with Crippen LogP contribution in [0.3, 0.4) is 0 Å². The maximum absolute atomic E-state index is 13.1. The number of fused-ring (bicyclic) bond motifs is 1. The van der Waals surface area contributed by atoms with Crippen LogP contribution in [0.4, 0.5) is 13.2 Å². The number of amides is 1. The molecule has 0 radical (unpaired) electrons. The third-order valence-electron chi connectivity index (χ3n) is 3.52. The Kier molecular flexibility index (Phi) is 4.49. The Bertz CT molecular complexity index is 816. The number of alkyl halides is 3. The molecule has 1 aliphatic rings. The zero-order valence-corrected chi connectivity index (χ0v) is 12.8. The Labute approximate surface area is 139 Å². The van der Waals surface area contributed by atoms with Crippen molar-refractivity contribution in [2.45, 2.75) is 25.7 Å². The summed E-state index contributed by atoms with van der Waals surface area (Å²) in [6.07, 6.45) is -0.270. The van der Waals surface area contributed by atoms with Crippen molar-refractivity contribution in [3.05, 3.63) is 41.2 Å². The average Bonchev–Trinajstić information content (AvgIpc) is 2.94. The number of hydrogen-bond donors (Lipinski definition) is 1. The fourth-order valence-electron chi connectivity index (χ4n) is 2.45. The first-order valence-corrected chi connectivity index (χ1v) is 7.23. The van der Waals surface area contributed by atoms with Crippen molar-refractivity contribution in [1.29, 1.82) is 0 Å². The second kappa shape index (κ2) is 6.59. The van der Waals surface area contributed by atoms with Gasteiger partial charge in [0.1, 0.15) is 12.2 Å². The van der Waals surface area contributed by atoms with E-state index in [0.29, 0.717) is 5.69 Å². The van der Waals surface area contributed by atoms with Crippen LogP contribution in [-0.2, 0) is 35.3 Å². The summed E-state index contributed by atoms with van der Waals surface area (Å²) in [5.74, 6) is -0.910. The molecular weight excluding hydrogens is 341 g/mol. The van der Waals surface area contributed by atoms with E-state index >= 15 is 0 Å². The summed E-state index contributed by atoms with van der Waals surface area (Å²) in [5.41, 5.74) is 5.09. The van der Waals surface area contributed by atoms with Crippen LogP contribution in [0.15, 0.2) is 23.6 Å². The van der Waals surface area contributed by atoms with E-state index in [4.69, 9.17) is 10.5 Å². The third-order valence-corrected chi connectivity index (χ3v) is 3.52. The van der Waals surface area contributed by atoms with E-state index < -0.39 is 24.3 Å². The number of nitrogens with two attached hydrogens (primary N) is 1. The number of carbonyl (C=O) groups excluding carboxylic acids is 1. The van der Waals surface area contributed by atoms with Gasteiger partial charge >= 0.3 is 6.18 Å². The van der Waals surface area contributed by atoms with Gasteiger partial charge in [-0.15, -0.1) is 0 Å². The smallest absolute Gasteiger partial charge is 0.382 e. The minimum absolute atomic E-state index is 0.0440. The Morgan fingerprint density at radius 1 is 1.40 bits per heavy atom. The third kappa shape index (κ3) is 3.65. The highest BCUT2D eigenvalue weighted by molar-refractivity contribution is 6.02. The quantitative estimate of drug-likeness (QED) is 0.642. The van der Waals surface area contributed by atoms with Crippen molar-refractivity contribution in [3.8, 4) is 0 Å². The fraction of sp³-hybridized carbons (Fsp3) is 0.357. The van der Waals surface area contributed by atoms with Crippen molar-refractivity contribution in [2.24, 2.45) is 10.7 Å². The van der Waals surface area contributed by atoms with E-state index in [1.165, 1.54) is 18.6 Å². The van der Waals surface area contributed by atoms with Gasteiger partial charge in [0.05, 0.1) is 19.4 Å². The second-order valence-electron chi connectivity index (χ2n) is 5.21. The molecule has 0 unspecified atom stereocenters. The Morgan fingerprint density at radius 2 is 2.20 bits per heavy atom. The second-order valence-corrected chi connectivity index (χ2v) is 5.21. The SMILES string of the molecule is NC(=NC(=O)Cn1nc(C(F)(F)F)c2c1CCOC2)c1cnccn1. The molecule has 1 aliphatic heterocycles. The zero-order valence-electron chi connectivity index (χ0n) is 12.8. The van der Waals surface area contributed by atoms with Crippen molar-refractivity contribution >= 4 is 11.7 Å². The molecule has 0 spiro atoms. The average molecular weight is 354 g/mol. The molecular formula is C14H13F3N6O2. The van der Waals surface area contributed by atoms with Crippen LogP contribution in [0.1, 0.15) is 22.6 Å². The summed E-state index contributed by atoms with van der Waals surface area (Å²) < 4.78 is 45.3. The van der Waals surface area contributed by atoms with E-state index in [1.807, 2.05) is 0 Å². The number of rotatable bonds is 3. The van der Waals surface area contributed by atoms with Crippen molar-refractivity contribution < 1.29 is 22.7 Å². The zero-order chi connectivity index (χ0) is 18.0. The first-order chi connectivity index (χ1) is 11.9. The number of nitrogens with zero attached hydrogens (tertiary/aromatic N) is 5. The predicted octanol–water partition coefficient (Wildman–Crippen LogP) is 0.697.